The molecule has 0 aliphatic heterocycles. The van der Waals surface area contributed by atoms with Gasteiger partial charge in [-0.3, -0.25) is 5.01 Å². The van der Waals surface area contributed by atoms with Crippen molar-refractivity contribution in [3.05, 3.63) is 35.4 Å². The number of aliphatic carboxylic acids is 1. The molecule has 0 saturated heterocycles. The Morgan fingerprint density at radius 3 is 2.59 bits per heavy atom. The first-order chi connectivity index (χ1) is 15.0. The van der Waals surface area contributed by atoms with Gasteiger partial charge in [0.2, 0.25) is 5.95 Å². The third-order valence-corrected chi connectivity index (χ3v) is 4.74. The Morgan fingerprint density at radius 2 is 2.06 bits per heavy atom. The van der Waals surface area contributed by atoms with E-state index in [1.54, 1.807) is 6.26 Å². The van der Waals surface area contributed by atoms with Crippen LogP contribution in [0.2, 0.25) is 0 Å². The number of urea groups is 1. The number of carboxylic acid groups (broad SMARTS) is 1. The van der Waals surface area contributed by atoms with E-state index >= 15 is 0 Å². The number of benzene rings is 1. The first kappa shape index (κ1) is 24.5. The fourth-order valence-electron chi connectivity index (χ4n) is 2.65. The predicted molar refractivity (Wildman–Crippen MR) is 111 cm³/mol. The minimum atomic E-state index is -4.62. The maximum absolute atomic E-state index is 12.9. The Hall–Kier alpha value is -3.73. The van der Waals surface area contributed by atoms with Gasteiger partial charge < -0.3 is 16.2 Å². The van der Waals surface area contributed by atoms with Gasteiger partial charge in [0.25, 0.3) is 0 Å². The van der Waals surface area contributed by atoms with Crippen LogP contribution in [0.4, 0.5) is 35.4 Å². The second kappa shape index (κ2) is 10.1. The molecule has 0 fully saturated rings. The fourth-order valence-corrected chi connectivity index (χ4v) is 3.18. The zero-order valence-corrected chi connectivity index (χ0v) is 17.6. The van der Waals surface area contributed by atoms with Crippen molar-refractivity contribution in [2.75, 3.05) is 22.3 Å². The van der Waals surface area contributed by atoms with E-state index in [-0.39, 0.29) is 34.5 Å². The lowest BCUT2D eigenvalue weighted by Crippen LogP contribution is -2.54. The van der Waals surface area contributed by atoms with Gasteiger partial charge in [0.15, 0.2) is 5.82 Å². The van der Waals surface area contributed by atoms with Crippen molar-refractivity contribution >= 4 is 41.2 Å². The fraction of sp³-hybridized carbons (Fsp3) is 0.278. The lowest BCUT2D eigenvalue weighted by Gasteiger charge is -2.30. The number of nitriles is 1. The van der Waals surface area contributed by atoms with Crippen molar-refractivity contribution in [1.29, 1.82) is 5.26 Å². The van der Waals surface area contributed by atoms with E-state index in [4.69, 9.17) is 5.73 Å². The van der Waals surface area contributed by atoms with Crippen molar-refractivity contribution < 1.29 is 27.9 Å². The van der Waals surface area contributed by atoms with Gasteiger partial charge in [0.1, 0.15) is 22.7 Å². The number of thioether (sulfide) groups is 1. The highest BCUT2D eigenvalue weighted by Gasteiger charge is 2.32. The summed E-state index contributed by atoms with van der Waals surface area (Å²) in [5, 5.41) is 22.3. The SMILES string of the molecule is CCC(C(=O)O)N(NC(=O)Nc1cccc(C(F)(F)F)c1)c1nc(N)nc(SC)c1C#N. The van der Waals surface area contributed by atoms with Gasteiger partial charge >= 0.3 is 18.2 Å². The van der Waals surface area contributed by atoms with Crippen LogP contribution in [-0.2, 0) is 11.0 Å². The number of amides is 2. The Morgan fingerprint density at radius 1 is 1.38 bits per heavy atom. The van der Waals surface area contributed by atoms with Crippen LogP contribution in [0.5, 0.6) is 0 Å². The molecule has 1 atom stereocenters. The smallest absolute Gasteiger partial charge is 0.416 e. The van der Waals surface area contributed by atoms with Crippen LogP contribution in [0.15, 0.2) is 29.3 Å². The maximum Gasteiger partial charge on any atom is 0.416 e. The zero-order valence-electron chi connectivity index (χ0n) is 16.8. The van der Waals surface area contributed by atoms with Crippen LogP contribution in [0.3, 0.4) is 0 Å². The Labute approximate surface area is 184 Å². The summed E-state index contributed by atoms with van der Waals surface area (Å²) in [4.78, 5) is 32.1. The average molecular weight is 469 g/mol. The van der Waals surface area contributed by atoms with Gasteiger partial charge in [-0.1, -0.05) is 13.0 Å². The van der Waals surface area contributed by atoms with Crippen molar-refractivity contribution in [2.24, 2.45) is 0 Å². The summed E-state index contributed by atoms with van der Waals surface area (Å²) in [5.41, 5.74) is 6.61. The van der Waals surface area contributed by atoms with Crippen LogP contribution in [-0.4, -0.2) is 39.4 Å². The Balaban J connectivity index is 2.44. The summed E-state index contributed by atoms with van der Waals surface area (Å²) in [7, 11) is 0. The largest absolute Gasteiger partial charge is 0.480 e. The van der Waals surface area contributed by atoms with Gasteiger partial charge in [-0.05, 0) is 30.9 Å². The summed E-state index contributed by atoms with van der Waals surface area (Å²) in [6.45, 7) is 1.52. The molecule has 1 aromatic heterocycles. The highest BCUT2D eigenvalue weighted by Crippen LogP contribution is 2.31. The number of hydrazine groups is 1. The van der Waals surface area contributed by atoms with Crippen LogP contribution in [0.25, 0.3) is 0 Å². The van der Waals surface area contributed by atoms with Gasteiger partial charge in [-0.15, -0.1) is 11.8 Å². The van der Waals surface area contributed by atoms with Gasteiger partial charge in [0, 0.05) is 5.69 Å². The number of carbonyl (C=O) groups excluding carboxylic acids is 1. The Bertz CT molecular complexity index is 1060. The van der Waals surface area contributed by atoms with Crippen LogP contribution < -0.4 is 21.5 Å². The summed E-state index contributed by atoms with van der Waals surface area (Å²) < 4.78 is 38.7. The number of rotatable bonds is 7. The lowest BCUT2D eigenvalue weighted by molar-refractivity contribution is -0.139. The third-order valence-electron chi connectivity index (χ3n) is 4.06. The quantitative estimate of drug-likeness (QED) is 0.272. The van der Waals surface area contributed by atoms with Crippen molar-refractivity contribution in [3.63, 3.8) is 0 Å². The van der Waals surface area contributed by atoms with Crippen LogP contribution in [0, 0.1) is 11.3 Å². The van der Waals surface area contributed by atoms with E-state index in [0.717, 1.165) is 28.9 Å². The summed E-state index contributed by atoms with van der Waals surface area (Å²) in [6.07, 6.45) is -3.03. The molecule has 1 unspecified atom stereocenters. The predicted octanol–water partition coefficient (Wildman–Crippen LogP) is 3.08. The number of alkyl halides is 3. The second-order valence-electron chi connectivity index (χ2n) is 6.18. The summed E-state index contributed by atoms with van der Waals surface area (Å²) in [6, 6.07) is 3.30. The minimum absolute atomic E-state index is 0.0252. The Kier molecular flexibility index (Phi) is 7.71. The molecule has 0 aliphatic carbocycles. The van der Waals surface area contributed by atoms with Gasteiger partial charge in [-0.2, -0.15) is 23.4 Å². The van der Waals surface area contributed by atoms with Crippen molar-refractivity contribution in [1.82, 2.24) is 15.4 Å². The molecular formula is C18H18F3N7O3S. The van der Waals surface area contributed by atoms with Crippen LogP contribution in [0.1, 0.15) is 24.5 Å². The minimum Gasteiger partial charge on any atom is -0.480 e. The third kappa shape index (κ3) is 5.70. The zero-order chi connectivity index (χ0) is 24.1. The number of aromatic nitrogens is 2. The monoisotopic (exact) mass is 469 g/mol. The number of carboxylic acids is 1. The van der Waals surface area contributed by atoms with Crippen molar-refractivity contribution in [3.8, 4) is 6.07 Å². The number of nitrogens with zero attached hydrogens (tertiary/aromatic N) is 4. The number of nitrogen functional groups attached to an aromatic ring is 1. The number of nitrogens with two attached hydrogens (primary N) is 1. The first-order valence-electron chi connectivity index (χ1n) is 8.90. The molecule has 14 heteroatoms. The number of halogens is 3. The van der Waals surface area contributed by atoms with Crippen molar-refractivity contribution in [2.45, 2.75) is 30.6 Å². The molecule has 0 saturated carbocycles. The molecule has 2 amide bonds. The standard InChI is InChI=1S/C18H18F3N7O3S/c1-3-12(15(29)30)28(13-11(8-22)14(32-2)26-16(23)25-13)27-17(31)24-10-6-4-5-9(7-10)18(19,20)21/h4-7,12H,3H2,1-2H3,(H,29,30)(H2,23,25,26)(H2,24,27,31). The highest BCUT2D eigenvalue weighted by atomic mass is 32.2. The number of hydrogen-bond donors (Lipinski definition) is 4. The van der Waals surface area contributed by atoms with E-state index in [9.17, 15) is 33.1 Å². The number of hydrogen-bond acceptors (Lipinski definition) is 8. The molecule has 1 aromatic carbocycles. The molecule has 2 aromatic rings. The average Bonchev–Trinajstić information content (AvgIpc) is 2.72. The van der Waals surface area contributed by atoms with Crippen LogP contribution >= 0.6 is 11.8 Å². The molecule has 1 heterocycles. The molecule has 2 rings (SSSR count). The molecule has 0 bridgehead atoms. The first-order valence-corrected chi connectivity index (χ1v) is 10.1. The van der Waals surface area contributed by atoms with E-state index in [2.05, 4.69) is 20.7 Å². The number of anilines is 3. The molecule has 170 valence electrons. The van der Waals surface area contributed by atoms with Gasteiger partial charge in [-0.25, -0.2) is 20.0 Å². The molecule has 0 aliphatic rings. The van der Waals surface area contributed by atoms with E-state index < -0.39 is 29.8 Å². The molecule has 0 radical (unpaired) electrons. The normalized spacial score (nSPS) is 11.9. The second-order valence-corrected chi connectivity index (χ2v) is 6.97. The summed E-state index contributed by atoms with van der Waals surface area (Å²) >= 11 is 1.06. The maximum atomic E-state index is 12.9. The molecule has 32 heavy (non-hydrogen) atoms. The summed E-state index contributed by atoms with van der Waals surface area (Å²) in [5.74, 6) is -1.88. The topological polar surface area (TPSA) is 157 Å². The number of nitrogens with one attached hydrogen (secondary N) is 2. The highest BCUT2D eigenvalue weighted by molar-refractivity contribution is 7.98. The lowest BCUT2D eigenvalue weighted by atomic mass is 10.2. The van der Waals surface area contributed by atoms with Gasteiger partial charge in [0.05, 0.1) is 5.56 Å². The van der Waals surface area contributed by atoms with E-state index in [0.29, 0.717) is 6.07 Å². The molecule has 0 spiro atoms. The van der Waals surface area contributed by atoms with E-state index in [1.807, 2.05) is 6.07 Å². The van der Waals surface area contributed by atoms with E-state index in [1.165, 1.54) is 13.0 Å². The molecule has 10 nitrogen and oxygen atoms in total. The number of carbonyl (C=O) groups is 2. The molecular weight excluding hydrogens is 451 g/mol. The molecule has 5 N–H and O–H groups in total.